The second kappa shape index (κ2) is 7.05. The molecule has 1 aromatic carbocycles. The van der Waals surface area contributed by atoms with Crippen LogP contribution in [0.1, 0.15) is 37.6 Å². The predicted octanol–water partition coefficient (Wildman–Crippen LogP) is 4.83. The highest BCUT2D eigenvalue weighted by Crippen LogP contribution is 2.39. The summed E-state index contributed by atoms with van der Waals surface area (Å²) in [4.78, 5) is 4.76. The molecule has 1 aliphatic heterocycles. The Hall–Kier alpha value is -1.33. The number of nitrogens with zero attached hydrogens (tertiary/aromatic N) is 1. The van der Waals surface area contributed by atoms with Gasteiger partial charge in [0.1, 0.15) is 0 Å². The first-order valence-electron chi connectivity index (χ1n) is 8.18. The van der Waals surface area contributed by atoms with Crippen molar-refractivity contribution >= 4 is 11.3 Å². The van der Waals surface area contributed by atoms with Crippen molar-refractivity contribution in [2.45, 2.75) is 32.6 Å². The minimum atomic E-state index is -0.823. The monoisotopic (exact) mass is 336 g/mol. The van der Waals surface area contributed by atoms with Crippen molar-refractivity contribution in [3.05, 3.63) is 40.2 Å². The Kier molecular flexibility index (Phi) is 5.07. The third-order valence-corrected chi connectivity index (χ3v) is 5.58. The summed E-state index contributed by atoms with van der Waals surface area (Å²) in [5.41, 5.74) is 1.38. The zero-order chi connectivity index (χ0) is 16.4. The molecule has 1 N–H and O–H groups in total. The maximum Gasteiger partial charge on any atom is 0.159 e. The second-order valence-corrected chi connectivity index (χ2v) is 7.45. The number of rotatable bonds is 4. The molecule has 0 amide bonds. The molecule has 1 fully saturated rings. The molecule has 23 heavy (non-hydrogen) atoms. The molecule has 1 aliphatic rings. The van der Waals surface area contributed by atoms with Gasteiger partial charge in [-0.1, -0.05) is 13.8 Å². The van der Waals surface area contributed by atoms with Crippen molar-refractivity contribution in [2.75, 3.05) is 13.1 Å². The summed E-state index contributed by atoms with van der Waals surface area (Å²) in [7, 11) is 0. The second-order valence-electron chi connectivity index (χ2n) is 6.56. The molecule has 3 rings (SSSR count). The first-order valence-corrected chi connectivity index (χ1v) is 9.06. The SMILES string of the molecule is CC(C)C(c1nc(-c2ccc(F)c(F)c2)cs1)C1CCNCC1. The maximum atomic E-state index is 13.4. The van der Waals surface area contributed by atoms with E-state index in [9.17, 15) is 8.78 Å². The first kappa shape index (κ1) is 16.5. The standard InChI is InChI=1S/C18H22F2N2S/c1-11(2)17(12-5-7-21-8-6-12)18-22-16(10-23-18)13-3-4-14(19)15(20)9-13/h3-4,9-12,17,21H,5-8H2,1-2H3. The van der Waals surface area contributed by atoms with Gasteiger partial charge >= 0.3 is 0 Å². The smallest absolute Gasteiger partial charge is 0.159 e. The van der Waals surface area contributed by atoms with Crippen LogP contribution in [0.25, 0.3) is 11.3 Å². The zero-order valence-electron chi connectivity index (χ0n) is 13.5. The van der Waals surface area contributed by atoms with Crippen molar-refractivity contribution in [1.29, 1.82) is 0 Å². The van der Waals surface area contributed by atoms with E-state index in [1.54, 1.807) is 17.4 Å². The summed E-state index contributed by atoms with van der Waals surface area (Å²) >= 11 is 1.64. The van der Waals surface area contributed by atoms with Gasteiger partial charge in [-0.2, -0.15) is 0 Å². The predicted molar refractivity (Wildman–Crippen MR) is 90.6 cm³/mol. The number of hydrogen-bond acceptors (Lipinski definition) is 3. The lowest BCUT2D eigenvalue weighted by molar-refractivity contribution is 0.271. The van der Waals surface area contributed by atoms with E-state index in [0.29, 0.717) is 23.3 Å². The molecule has 2 heterocycles. The van der Waals surface area contributed by atoms with Gasteiger partial charge in [-0.25, -0.2) is 13.8 Å². The molecule has 0 aliphatic carbocycles. The number of nitrogens with one attached hydrogen (secondary N) is 1. The average Bonchev–Trinajstić information content (AvgIpc) is 3.00. The number of piperidine rings is 1. The number of benzene rings is 1. The topological polar surface area (TPSA) is 24.9 Å². The van der Waals surface area contributed by atoms with Crippen LogP contribution in [0.15, 0.2) is 23.6 Å². The van der Waals surface area contributed by atoms with E-state index in [1.807, 2.05) is 5.38 Å². The number of halogens is 2. The number of aromatic nitrogens is 1. The van der Waals surface area contributed by atoms with Gasteiger partial charge in [-0.3, -0.25) is 0 Å². The van der Waals surface area contributed by atoms with E-state index in [1.165, 1.54) is 18.9 Å². The minimum Gasteiger partial charge on any atom is -0.317 e. The lowest BCUT2D eigenvalue weighted by Crippen LogP contribution is -2.32. The fourth-order valence-electron chi connectivity index (χ4n) is 3.46. The molecule has 0 spiro atoms. The Morgan fingerprint density at radius 1 is 1.17 bits per heavy atom. The largest absolute Gasteiger partial charge is 0.317 e. The van der Waals surface area contributed by atoms with E-state index < -0.39 is 11.6 Å². The molecular formula is C18H22F2N2S. The first-order chi connectivity index (χ1) is 11.1. The molecule has 1 saturated heterocycles. The van der Waals surface area contributed by atoms with E-state index >= 15 is 0 Å². The van der Waals surface area contributed by atoms with Gasteiger partial charge in [0.25, 0.3) is 0 Å². The van der Waals surface area contributed by atoms with Gasteiger partial charge in [-0.05, 0) is 56.0 Å². The van der Waals surface area contributed by atoms with Gasteiger partial charge in [0.15, 0.2) is 11.6 Å². The van der Waals surface area contributed by atoms with Crippen LogP contribution in [0, 0.1) is 23.5 Å². The van der Waals surface area contributed by atoms with Gasteiger partial charge < -0.3 is 5.32 Å². The molecule has 124 valence electrons. The van der Waals surface area contributed by atoms with Crippen molar-refractivity contribution in [3.63, 3.8) is 0 Å². The van der Waals surface area contributed by atoms with Crippen molar-refractivity contribution in [3.8, 4) is 11.3 Å². The summed E-state index contributed by atoms with van der Waals surface area (Å²) in [6.07, 6.45) is 2.34. The molecule has 2 aromatic rings. The molecule has 0 radical (unpaired) electrons. The van der Waals surface area contributed by atoms with E-state index in [4.69, 9.17) is 4.98 Å². The van der Waals surface area contributed by atoms with E-state index in [2.05, 4.69) is 19.2 Å². The molecule has 1 aromatic heterocycles. The highest BCUT2D eigenvalue weighted by atomic mass is 32.1. The minimum absolute atomic E-state index is 0.432. The van der Waals surface area contributed by atoms with Crippen LogP contribution < -0.4 is 5.32 Å². The molecule has 0 bridgehead atoms. The normalized spacial score (nSPS) is 17.6. The van der Waals surface area contributed by atoms with Gasteiger partial charge in [-0.15, -0.1) is 11.3 Å². The van der Waals surface area contributed by atoms with Crippen LogP contribution >= 0.6 is 11.3 Å². The Bertz CT molecular complexity index is 663. The summed E-state index contributed by atoms with van der Waals surface area (Å²) in [5, 5.41) is 6.48. The Labute approximate surface area is 140 Å². The maximum absolute atomic E-state index is 13.4. The number of hydrogen-bond donors (Lipinski definition) is 1. The molecule has 1 unspecified atom stereocenters. The van der Waals surface area contributed by atoms with Crippen molar-refractivity contribution < 1.29 is 8.78 Å². The van der Waals surface area contributed by atoms with Crippen molar-refractivity contribution in [1.82, 2.24) is 10.3 Å². The summed E-state index contributed by atoms with van der Waals surface area (Å²) < 4.78 is 26.5. The van der Waals surface area contributed by atoms with Crippen LogP contribution in [0.3, 0.4) is 0 Å². The quantitative estimate of drug-likeness (QED) is 0.865. The number of thiazole rings is 1. The van der Waals surface area contributed by atoms with Gasteiger partial charge in [0, 0.05) is 16.9 Å². The summed E-state index contributed by atoms with van der Waals surface area (Å²) in [6, 6.07) is 3.98. The third-order valence-electron chi connectivity index (χ3n) is 4.63. The Balaban J connectivity index is 1.87. The molecule has 0 saturated carbocycles. The van der Waals surface area contributed by atoms with Crippen molar-refractivity contribution in [2.24, 2.45) is 11.8 Å². The molecule has 1 atom stereocenters. The molecular weight excluding hydrogens is 314 g/mol. The average molecular weight is 336 g/mol. The Morgan fingerprint density at radius 2 is 1.91 bits per heavy atom. The summed E-state index contributed by atoms with van der Waals surface area (Å²) in [5.74, 6) is -0.0572. The fraction of sp³-hybridized carbons (Fsp3) is 0.500. The van der Waals surface area contributed by atoms with Crippen LogP contribution in [0.4, 0.5) is 8.78 Å². The van der Waals surface area contributed by atoms with Crippen LogP contribution in [0.2, 0.25) is 0 Å². The van der Waals surface area contributed by atoms with Gasteiger partial charge in [0.05, 0.1) is 10.7 Å². The van der Waals surface area contributed by atoms with Crippen LogP contribution in [-0.2, 0) is 0 Å². The highest BCUT2D eigenvalue weighted by molar-refractivity contribution is 7.10. The Morgan fingerprint density at radius 3 is 2.57 bits per heavy atom. The van der Waals surface area contributed by atoms with E-state index in [-0.39, 0.29) is 0 Å². The highest BCUT2D eigenvalue weighted by Gasteiger charge is 2.29. The lowest BCUT2D eigenvalue weighted by Gasteiger charge is -2.32. The molecule has 5 heteroatoms. The third kappa shape index (κ3) is 3.61. The van der Waals surface area contributed by atoms with Crippen LogP contribution in [0.5, 0.6) is 0 Å². The molecule has 2 nitrogen and oxygen atoms in total. The van der Waals surface area contributed by atoms with Crippen LogP contribution in [-0.4, -0.2) is 18.1 Å². The van der Waals surface area contributed by atoms with E-state index in [0.717, 1.165) is 29.9 Å². The zero-order valence-corrected chi connectivity index (χ0v) is 14.3. The van der Waals surface area contributed by atoms with Gasteiger partial charge in [0.2, 0.25) is 0 Å². The lowest BCUT2D eigenvalue weighted by atomic mass is 9.78. The summed E-state index contributed by atoms with van der Waals surface area (Å²) in [6.45, 7) is 6.61. The fourth-order valence-corrected chi connectivity index (χ4v) is 4.66.